The van der Waals surface area contributed by atoms with Gasteiger partial charge in [0.1, 0.15) is 0 Å². The molecule has 0 bridgehead atoms. The van der Waals surface area contributed by atoms with Gasteiger partial charge in [0, 0.05) is 30.6 Å². The monoisotopic (exact) mass is 376 g/mol. The molecule has 6 heteroatoms. The van der Waals surface area contributed by atoms with E-state index in [9.17, 15) is 4.79 Å². The van der Waals surface area contributed by atoms with Gasteiger partial charge >= 0.3 is 0 Å². The number of hydrogen-bond acceptors (Lipinski definition) is 4. The Morgan fingerprint density at radius 2 is 2.14 bits per heavy atom. The summed E-state index contributed by atoms with van der Waals surface area (Å²) in [6.45, 7) is 8.87. The maximum absolute atomic E-state index is 12.5. The van der Waals surface area contributed by atoms with Gasteiger partial charge in [-0.15, -0.1) is 11.3 Å². The highest BCUT2D eigenvalue weighted by Crippen LogP contribution is 2.23. The van der Waals surface area contributed by atoms with Crippen molar-refractivity contribution in [1.29, 1.82) is 0 Å². The number of amides is 1. The minimum absolute atomic E-state index is 0.147. The first-order valence-corrected chi connectivity index (χ1v) is 8.95. The molecule has 1 aromatic heterocycles. The second-order valence-electron chi connectivity index (χ2n) is 5.26. The van der Waals surface area contributed by atoms with Gasteiger partial charge in [0.05, 0.1) is 16.9 Å². The van der Waals surface area contributed by atoms with E-state index in [2.05, 4.69) is 40.7 Å². The molecule has 0 aliphatic carbocycles. The second-order valence-corrected chi connectivity index (χ2v) is 7.80. The molecule has 1 amide bonds. The fourth-order valence-electron chi connectivity index (χ4n) is 2.07. The van der Waals surface area contributed by atoms with Gasteiger partial charge in [-0.3, -0.25) is 9.69 Å². The molecule has 0 fully saturated rings. The Bertz CT molecular complexity index is 437. The number of aliphatic hydroxyl groups excluding tert-OH is 1. The third kappa shape index (κ3) is 6.46. The van der Waals surface area contributed by atoms with Crippen molar-refractivity contribution in [3.63, 3.8) is 0 Å². The van der Waals surface area contributed by atoms with E-state index in [0.717, 1.165) is 10.3 Å². The van der Waals surface area contributed by atoms with E-state index in [1.165, 1.54) is 4.88 Å². The summed E-state index contributed by atoms with van der Waals surface area (Å²) in [5.74, 6) is 0.147. The lowest BCUT2D eigenvalue weighted by Crippen LogP contribution is -2.43. The van der Waals surface area contributed by atoms with Crippen molar-refractivity contribution in [2.75, 3.05) is 26.2 Å². The second kappa shape index (κ2) is 9.56. The molecule has 0 radical (unpaired) electrons. The summed E-state index contributed by atoms with van der Waals surface area (Å²) in [7, 11) is 0. The van der Waals surface area contributed by atoms with Crippen LogP contribution in [0.1, 0.15) is 32.1 Å². The highest BCUT2D eigenvalue weighted by molar-refractivity contribution is 9.11. The molecule has 1 N–H and O–H groups in total. The number of rotatable bonds is 9. The lowest BCUT2D eigenvalue weighted by molar-refractivity contribution is -0.133. The Hall–Kier alpha value is -0.430. The largest absolute Gasteiger partial charge is 0.396 e. The van der Waals surface area contributed by atoms with Crippen molar-refractivity contribution in [3.8, 4) is 0 Å². The van der Waals surface area contributed by atoms with E-state index in [4.69, 9.17) is 5.11 Å². The van der Waals surface area contributed by atoms with Crippen LogP contribution in [0.15, 0.2) is 15.9 Å². The number of carbonyl (C=O) groups excluding carboxylic acids is 1. The number of carbonyl (C=O) groups is 1. The summed E-state index contributed by atoms with van der Waals surface area (Å²) in [6.07, 6.45) is 0.704. The molecule has 21 heavy (non-hydrogen) atoms. The number of nitrogens with zero attached hydrogens (tertiary/aromatic N) is 2. The molecule has 4 nitrogen and oxygen atoms in total. The van der Waals surface area contributed by atoms with Crippen molar-refractivity contribution in [2.24, 2.45) is 0 Å². The zero-order valence-corrected chi connectivity index (χ0v) is 15.4. The van der Waals surface area contributed by atoms with Crippen LogP contribution in [0.2, 0.25) is 0 Å². The number of hydrogen-bond donors (Lipinski definition) is 1. The number of thiophene rings is 1. The fraction of sp³-hybridized carbons (Fsp3) is 0.667. The van der Waals surface area contributed by atoms with Crippen molar-refractivity contribution < 1.29 is 9.90 Å². The summed E-state index contributed by atoms with van der Waals surface area (Å²) < 4.78 is 1.09. The SMILES string of the molecule is CCN(Cc1ccc(Br)s1)C(=O)CN(CCCO)C(C)C. The van der Waals surface area contributed by atoms with Crippen molar-refractivity contribution in [3.05, 3.63) is 20.8 Å². The van der Waals surface area contributed by atoms with Crippen molar-refractivity contribution in [2.45, 2.75) is 39.8 Å². The highest BCUT2D eigenvalue weighted by Gasteiger charge is 2.18. The Balaban J connectivity index is 2.60. The number of likely N-dealkylation sites (N-methyl/N-ethyl adjacent to an activating group) is 1. The maximum atomic E-state index is 12.5. The van der Waals surface area contributed by atoms with Crippen LogP contribution < -0.4 is 0 Å². The first-order valence-electron chi connectivity index (χ1n) is 7.34. The Morgan fingerprint density at radius 1 is 1.43 bits per heavy atom. The van der Waals surface area contributed by atoms with Gasteiger partial charge in [-0.2, -0.15) is 0 Å². The van der Waals surface area contributed by atoms with Gasteiger partial charge < -0.3 is 10.0 Å². The molecule has 0 aliphatic rings. The summed E-state index contributed by atoms with van der Waals surface area (Å²) in [5, 5.41) is 8.96. The molecule has 1 rings (SSSR count). The van der Waals surface area contributed by atoms with Crippen molar-refractivity contribution >= 4 is 33.2 Å². The quantitative estimate of drug-likeness (QED) is 0.720. The average Bonchev–Trinajstić information content (AvgIpc) is 2.85. The van der Waals surface area contributed by atoms with Crippen LogP contribution in [-0.4, -0.2) is 53.1 Å². The van der Waals surface area contributed by atoms with E-state index in [0.29, 0.717) is 32.1 Å². The highest BCUT2D eigenvalue weighted by atomic mass is 79.9. The third-order valence-corrected chi connectivity index (χ3v) is 4.99. The molecule has 1 heterocycles. The van der Waals surface area contributed by atoms with Gasteiger partial charge in [0.15, 0.2) is 0 Å². The molecule has 0 aliphatic heterocycles. The van der Waals surface area contributed by atoms with Crippen LogP contribution >= 0.6 is 27.3 Å². The molecular weight excluding hydrogens is 352 g/mol. The van der Waals surface area contributed by atoms with Crippen molar-refractivity contribution in [1.82, 2.24) is 9.80 Å². The fourth-order valence-corrected chi connectivity index (χ4v) is 3.57. The minimum Gasteiger partial charge on any atom is -0.396 e. The predicted molar refractivity (Wildman–Crippen MR) is 91.5 cm³/mol. The summed E-state index contributed by atoms with van der Waals surface area (Å²) >= 11 is 5.12. The van der Waals surface area contributed by atoms with Crippen LogP contribution in [0.5, 0.6) is 0 Å². The summed E-state index contributed by atoms with van der Waals surface area (Å²) in [5.41, 5.74) is 0. The van der Waals surface area contributed by atoms with Crippen LogP contribution in [-0.2, 0) is 11.3 Å². The van der Waals surface area contributed by atoms with Gasteiger partial charge in [0.25, 0.3) is 0 Å². The Labute approximate surface area is 139 Å². The third-order valence-electron chi connectivity index (χ3n) is 3.38. The zero-order chi connectivity index (χ0) is 15.8. The van der Waals surface area contributed by atoms with E-state index >= 15 is 0 Å². The normalized spacial score (nSPS) is 11.4. The molecular formula is C15H25BrN2O2S. The first-order chi connectivity index (χ1) is 9.97. The number of halogens is 1. The average molecular weight is 377 g/mol. The Morgan fingerprint density at radius 3 is 2.62 bits per heavy atom. The molecule has 0 unspecified atom stereocenters. The van der Waals surface area contributed by atoms with Crippen LogP contribution in [0.3, 0.4) is 0 Å². The molecule has 1 aromatic rings. The molecule has 0 aromatic carbocycles. The summed E-state index contributed by atoms with van der Waals surface area (Å²) in [6, 6.07) is 4.37. The van der Waals surface area contributed by atoms with Crippen LogP contribution in [0.4, 0.5) is 0 Å². The maximum Gasteiger partial charge on any atom is 0.237 e. The van der Waals surface area contributed by atoms with E-state index in [1.807, 2.05) is 17.9 Å². The standard InChI is InChI=1S/C15H25BrN2O2S/c1-4-17(10-13-6-7-14(16)21-13)15(20)11-18(12(2)3)8-5-9-19/h6-7,12,19H,4-5,8-11H2,1-3H3. The smallest absolute Gasteiger partial charge is 0.237 e. The number of aliphatic hydroxyl groups is 1. The molecule has 0 spiro atoms. The Kier molecular flexibility index (Phi) is 8.48. The van der Waals surface area contributed by atoms with Crippen LogP contribution in [0.25, 0.3) is 0 Å². The zero-order valence-electron chi connectivity index (χ0n) is 13.0. The van der Waals surface area contributed by atoms with Crippen LogP contribution in [0, 0.1) is 0 Å². The van der Waals surface area contributed by atoms with E-state index < -0.39 is 0 Å². The van der Waals surface area contributed by atoms with Gasteiger partial charge in [-0.05, 0) is 55.3 Å². The van der Waals surface area contributed by atoms with Gasteiger partial charge in [-0.25, -0.2) is 0 Å². The van der Waals surface area contributed by atoms with E-state index in [-0.39, 0.29) is 12.5 Å². The lowest BCUT2D eigenvalue weighted by atomic mass is 10.2. The predicted octanol–water partition coefficient (Wildman–Crippen LogP) is 2.95. The topological polar surface area (TPSA) is 43.8 Å². The summed E-state index contributed by atoms with van der Waals surface area (Å²) in [4.78, 5) is 17.7. The lowest BCUT2D eigenvalue weighted by Gasteiger charge is -2.29. The van der Waals surface area contributed by atoms with Gasteiger partial charge in [0.2, 0.25) is 5.91 Å². The minimum atomic E-state index is 0.147. The molecule has 0 saturated carbocycles. The molecule has 0 atom stereocenters. The molecule has 0 saturated heterocycles. The van der Waals surface area contributed by atoms with Gasteiger partial charge in [-0.1, -0.05) is 0 Å². The first kappa shape index (κ1) is 18.6. The van der Waals surface area contributed by atoms with E-state index in [1.54, 1.807) is 11.3 Å². The molecule has 120 valence electrons.